The van der Waals surface area contributed by atoms with Crippen LogP contribution in [-0.2, 0) is 4.79 Å². The maximum absolute atomic E-state index is 10.4. The van der Waals surface area contributed by atoms with Crippen molar-refractivity contribution in [2.75, 3.05) is 0 Å². The van der Waals surface area contributed by atoms with E-state index in [1.807, 2.05) is 0 Å². The van der Waals surface area contributed by atoms with Crippen LogP contribution in [0.2, 0.25) is 0 Å². The van der Waals surface area contributed by atoms with E-state index in [1.165, 1.54) is 19.3 Å². The molecule has 1 saturated carbocycles. The van der Waals surface area contributed by atoms with Crippen LogP contribution in [0.3, 0.4) is 0 Å². The number of carboxylic acids is 1. The second-order valence-electron chi connectivity index (χ2n) is 7.60. The SMILES string of the molecule is CCCCC/C=C/C[C@@H]1[C@@H](C/C=C/CCCCCC(=O)O)[C@@H](O)C[C@H]1O. The molecule has 0 bridgehead atoms. The molecular formula is C22H38O4. The Labute approximate surface area is 159 Å². The highest BCUT2D eigenvalue weighted by Gasteiger charge is 2.39. The zero-order valence-electron chi connectivity index (χ0n) is 16.4. The fraction of sp³-hybridized carbons (Fsp3) is 0.773. The lowest BCUT2D eigenvalue weighted by Gasteiger charge is -2.21. The average Bonchev–Trinajstić information content (AvgIpc) is 2.86. The number of aliphatic hydroxyl groups is 2. The summed E-state index contributed by atoms with van der Waals surface area (Å²) < 4.78 is 0. The predicted octanol–water partition coefficient (Wildman–Crippen LogP) is 4.85. The van der Waals surface area contributed by atoms with Crippen LogP contribution in [0.15, 0.2) is 24.3 Å². The van der Waals surface area contributed by atoms with Gasteiger partial charge in [0.1, 0.15) is 0 Å². The first-order chi connectivity index (χ1) is 12.6. The van der Waals surface area contributed by atoms with Crippen molar-refractivity contribution in [3.8, 4) is 0 Å². The zero-order valence-corrected chi connectivity index (χ0v) is 16.4. The molecule has 0 saturated heterocycles. The molecule has 150 valence electrons. The number of unbranched alkanes of at least 4 members (excludes halogenated alkanes) is 6. The molecule has 1 aliphatic carbocycles. The Bertz CT molecular complexity index is 430. The molecule has 0 amide bonds. The van der Waals surface area contributed by atoms with Crippen molar-refractivity contribution in [3.63, 3.8) is 0 Å². The molecule has 4 heteroatoms. The number of carboxylic acid groups (broad SMARTS) is 1. The molecule has 0 radical (unpaired) electrons. The van der Waals surface area contributed by atoms with Gasteiger partial charge in [-0.2, -0.15) is 0 Å². The van der Waals surface area contributed by atoms with Gasteiger partial charge in [0.2, 0.25) is 0 Å². The largest absolute Gasteiger partial charge is 0.481 e. The first-order valence-electron chi connectivity index (χ1n) is 10.4. The summed E-state index contributed by atoms with van der Waals surface area (Å²) in [5.41, 5.74) is 0. The molecule has 0 spiro atoms. The van der Waals surface area contributed by atoms with E-state index in [2.05, 4.69) is 31.2 Å². The van der Waals surface area contributed by atoms with Gasteiger partial charge in [-0.25, -0.2) is 0 Å². The third kappa shape index (κ3) is 9.54. The van der Waals surface area contributed by atoms with Gasteiger partial charge < -0.3 is 15.3 Å². The molecule has 1 aliphatic rings. The Morgan fingerprint density at radius 3 is 1.88 bits per heavy atom. The molecule has 0 aliphatic heterocycles. The van der Waals surface area contributed by atoms with Crippen molar-refractivity contribution in [1.82, 2.24) is 0 Å². The van der Waals surface area contributed by atoms with Gasteiger partial charge in [-0.15, -0.1) is 0 Å². The van der Waals surface area contributed by atoms with Crippen LogP contribution < -0.4 is 0 Å². The zero-order chi connectivity index (χ0) is 19.2. The molecule has 0 aromatic heterocycles. The lowest BCUT2D eigenvalue weighted by molar-refractivity contribution is -0.137. The summed E-state index contributed by atoms with van der Waals surface area (Å²) in [7, 11) is 0. The Morgan fingerprint density at radius 2 is 1.38 bits per heavy atom. The molecule has 0 aromatic carbocycles. The third-order valence-electron chi connectivity index (χ3n) is 5.41. The number of hydrogen-bond donors (Lipinski definition) is 3. The van der Waals surface area contributed by atoms with Crippen LogP contribution in [0.5, 0.6) is 0 Å². The molecule has 0 unspecified atom stereocenters. The number of rotatable bonds is 14. The number of allylic oxidation sites excluding steroid dienone is 4. The van der Waals surface area contributed by atoms with Crippen LogP contribution in [0.25, 0.3) is 0 Å². The Hall–Kier alpha value is -1.13. The summed E-state index contributed by atoms with van der Waals surface area (Å²) in [6.07, 6.45) is 18.7. The van der Waals surface area contributed by atoms with Crippen molar-refractivity contribution < 1.29 is 20.1 Å². The number of aliphatic hydroxyl groups excluding tert-OH is 2. The monoisotopic (exact) mass is 366 g/mol. The van der Waals surface area contributed by atoms with E-state index in [4.69, 9.17) is 5.11 Å². The third-order valence-corrected chi connectivity index (χ3v) is 5.41. The van der Waals surface area contributed by atoms with Gasteiger partial charge in [-0.1, -0.05) is 50.5 Å². The number of hydrogen-bond acceptors (Lipinski definition) is 3. The first kappa shape index (κ1) is 22.9. The van der Waals surface area contributed by atoms with E-state index in [-0.39, 0.29) is 18.3 Å². The molecule has 4 nitrogen and oxygen atoms in total. The molecular weight excluding hydrogens is 328 g/mol. The van der Waals surface area contributed by atoms with E-state index in [0.29, 0.717) is 6.42 Å². The van der Waals surface area contributed by atoms with Crippen molar-refractivity contribution in [3.05, 3.63) is 24.3 Å². The molecule has 26 heavy (non-hydrogen) atoms. The minimum absolute atomic E-state index is 0.133. The Kier molecular flexibility index (Phi) is 12.3. The highest BCUT2D eigenvalue weighted by Crippen LogP contribution is 2.37. The van der Waals surface area contributed by atoms with Crippen molar-refractivity contribution in [1.29, 1.82) is 0 Å². The van der Waals surface area contributed by atoms with E-state index in [0.717, 1.165) is 44.9 Å². The predicted molar refractivity (Wildman–Crippen MR) is 106 cm³/mol. The maximum atomic E-state index is 10.4. The number of aliphatic carboxylic acids is 1. The molecule has 0 heterocycles. The van der Waals surface area contributed by atoms with Gasteiger partial charge in [0.25, 0.3) is 0 Å². The second-order valence-corrected chi connectivity index (χ2v) is 7.60. The summed E-state index contributed by atoms with van der Waals surface area (Å²) in [6, 6.07) is 0. The summed E-state index contributed by atoms with van der Waals surface area (Å²) in [5, 5.41) is 29.1. The molecule has 4 atom stereocenters. The summed E-state index contributed by atoms with van der Waals surface area (Å²) in [6.45, 7) is 2.20. The van der Waals surface area contributed by atoms with E-state index < -0.39 is 18.2 Å². The van der Waals surface area contributed by atoms with Gasteiger partial charge in [-0.05, 0) is 63.2 Å². The van der Waals surface area contributed by atoms with Gasteiger partial charge in [0.15, 0.2) is 0 Å². The minimum Gasteiger partial charge on any atom is -0.481 e. The second kappa shape index (κ2) is 14.0. The van der Waals surface area contributed by atoms with Crippen LogP contribution in [0.4, 0.5) is 0 Å². The average molecular weight is 367 g/mol. The fourth-order valence-electron chi connectivity index (χ4n) is 3.80. The quantitative estimate of drug-likeness (QED) is 0.303. The van der Waals surface area contributed by atoms with Crippen molar-refractivity contribution in [2.24, 2.45) is 11.8 Å². The first-order valence-corrected chi connectivity index (χ1v) is 10.4. The normalized spacial score (nSPS) is 26.3. The lowest BCUT2D eigenvalue weighted by Crippen LogP contribution is -2.21. The van der Waals surface area contributed by atoms with Gasteiger partial charge in [0.05, 0.1) is 12.2 Å². The van der Waals surface area contributed by atoms with Crippen LogP contribution in [0, 0.1) is 11.8 Å². The molecule has 1 fully saturated rings. The van der Waals surface area contributed by atoms with Crippen LogP contribution >= 0.6 is 0 Å². The molecule has 3 N–H and O–H groups in total. The molecule has 1 rings (SSSR count). The van der Waals surface area contributed by atoms with Gasteiger partial charge in [0, 0.05) is 6.42 Å². The van der Waals surface area contributed by atoms with Crippen molar-refractivity contribution in [2.45, 2.75) is 96.2 Å². The Balaban J connectivity index is 2.28. The summed E-state index contributed by atoms with van der Waals surface area (Å²) >= 11 is 0. The highest BCUT2D eigenvalue weighted by molar-refractivity contribution is 5.66. The summed E-state index contributed by atoms with van der Waals surface area (Å²) in [5.74, 6) is -0.444. The lowest BCUT2D eigenvalue weighted by atomic mass is 9.87. The van der Waals surface area contributed by atoms with Crippen molar-refractivity contribution >= 4 is 5.97 Å². The minimum atomic E-state index is -0.722. The van der Waals surface area contributed by atoms with Crippen LogP contribution in [-0.4, -0.2) is 33.5 Å². The smallest absolute Gasteiger partial charge is 0.303 e. The van der Waals surface area contributed by atoms with Gasteiger partial charge >= 0.3 is 5.97 Å². The molecule has 0 aromatic rings. The topological polar surface area (TPSA) is 77.8 Å². The fourth-order valence-corrected chi connectivity index (χ4v) is 3.80. The summed E-state index contributed by atoms with van der Waals surface area (Å²) in [4.78, 5) is 10.4. The van der Waals surface area contributed by atoms with E-state index >= 15 is 0 Å². The Morgan fingerprint density at radius 1 is 0.846 bits per heavy atom. The van der Waals surface area contributed by atoms with Gasteiger partial charge in [-0.3, -0.25) is 4.79 Å². The number of carbonyl (C=O) groups is 1. The van der Waals surface area contributed by atoms with E-state index in [9.17, 15) is 15.0 Å². The maximum Gasteiger partial charge on any atom is 0.303 e. The standard InChI is InChI=1S/C22H38O4/c1-2-3-4-5-8-11-14-18-19(21(24)17-20(18)23)15-12-9-6-7-10-13-16-22(25)26/h8-9,11-12,18-21,23-24H,2-7,10,13-17H2,1H3,(H,25,26)/b11-8+,12-9+/t18-,19-,20-,21+/m1/s1. The van der Waals surface area contributed by atoms with Crippen LogP contribution in [0.1, 0.15) is 84.0 Å². The van der Waals surface area contributed by atoms with E-state index in [1.54, 1.807) is 0 Å². The highest BCUT2D eigenvalue weighted by atomic mass is 16.4.